The van der Waals surface area contributed by atoms with Gasteiger partial charge in [0.2, 0.25) is 5.91 Å². The van der Waals surface area contributed by atoms with Gasteiger partial charge in [0.1, 0.15) is 12.7 Å². The number of carbonyl (C=O) groups is 1. The van der Waals surface area contributed by atoms with Gasteiger partial charge in [-0.2, -0.15) is 0 Å². The summed E-state index contributed by atoms with van der Waals surface area (Å²) in [6.07, 6.45) is 5.02. The Labute approximate surface area is 154 Å². The first kappa shape index (κ1) is 19.4. The van der Waals surface area contributed by atoms with Gasteiger partial charge in [-0.15, -0.1) is 6.42 Å². The number of aliphatic hydroxyl groups excluding tert-OH is 1. The number of nitrogens with one attached hydrogen (secondary N) is 1. The zero-order valence-corrected chi connectivity index (χ0v) is 14.8. The summed E-state index contributed by atoms with van der Waals surface area (Å²) >= 11 is 0. The van der Waals surface area contributed by atoms with Gasteiger partial charge in [-0.25, -0.2) is 0 Å². The fourth-order valence-electron chi connectivity index (χ4n) is 2.48. The van der Waals surface area contributed by atoms with E-state index in [0.29, 0.717) is 30.9 Å². The molecule has 0 saturated carbocycles. The monoisotopic (exact) mass is 353 g/mol. The molecule has 2 rings (SSSR count). The van der Waals surface area contributed by atoms with Gasteiger partial charge in [-0.1, -0.05) is 42.3 Å². The molecule has 0 aliphatic heterocycles. The van der Waals surface area contributed by atoms with Crippen LogP contribution in [0.2, 0.25) is 0 Å². The Morgan fingerprint density at radius 1 is 1.19 bits per heavy atom. The fraction of sp³-hybridized carbons (Fsp3) is 0.286. The normalized spacial score (nSPS) is 11.3. The largest absolute Gasteiger partial charge is 0.493 e. The van der Waals surface area contributed by atoms with E-state index in [4.69, 9.17) is 15.9 Å². The van der Waals surface area contributed by atoms with Crippen LogP contribution in [-0.2, 0) is 17.6 Å². The average Bonchev–Trinajstić information content (AvgIpc) is 2.67. The molecule has 0 aromatic heterocycles. The van der Waals surface area contributed by atoms with Crippen LogP contribution in [0.15, 0.2) is 48.5 Å². The molecule has 2 aromatic carbocycles. The minimum Gasteiger partial charge on any atom is -0.493 e. The van der Waals surface area contributed by atoms with Gasteiger partial charge in [-0.05, 0) is 29.7 Å². The Kier molecular flexibility index (Phi) is 7.53. The molecule has 1 unspecified atom stereocenters. The Morgan fingerprint density at radius 2 is 1.96 bits per heavy atom. The second kappa shape index (κ2) is 10.1. The highest BCUT2D eigenvalue weighted by molar-refractivity contribution is 5.80. The van der Waals surface area contributed by atoms with E-state index in [1.165, 1.54) is 0 Å². The van der Waals surface area contributed by atoms with Crippen LogP contribution in [0.3, 0.4) is 0 Å². The maximum atomic E-state index is 12.0. The number of amides is 1. The molecule has 5 nitrogen and oxygen atoms in total. The molecular weight excluding hydrogens is 330 g/mol. The number of aliphatic hydroxyl groups is 1. The third-order valence-electron chi connectivity index (χ3n) is 3.83. The number of benzene rings is 2. The molecular formula is C21H23NO4. The molecule has 0 fully saturated rings. The average molecular weight is 353 g/mol. The van der Waals surface area contributed by atoms with Gasteiger partial charge in [0.25, 0.3) is 0 Å². The highest BCUT2D eigenvalue weighted by Gasteiger charge is 2.15. The molecule has 0 radical (unpaired) electrons. The number of rotatable bonds is 9. The molecule has 1 amide bonds. The van der Waals surface area contributed by atoms with Gasteiger partial charge in [-0.3, -0.25) is 4.79 Å². The van der Waals surface area contributed by atoms with Crippen molar-refractivity contribution in [2.45, 2.75) is 18.9 Å². The Balaban J connectivity index is 1.83. The standard InChI is InChI=1S/C21H23NO4/c1-3-13-26-19-10-9-17(15-20(19)25-2)11-12-22-21(24)18(23)14-16-7-5-4-6-8-16/h1,4-10,15,18,23H,11-14H2,2H3,(H,22,24). The van der Waals surface area contributed by atoms with Gasteiger partial charge < -0.3 is 19.9 Å². The summed E-state index contributed by atoms with van der Waals surface area (Å²) in [6, 6.07) is 14.9. The highest BCUT2D eigenvalue weighted by Crippen LogP contribution is 2.28. The minimum atomic E-state index is -1.06. The zero-order chi connectivity index (χ0) is 18.8. The smallest absolute Gasteiger partial charge is 0.249 e. The third-order valence-corrected chi connectivity index (χ3v) is 3.83. The lowest BCUT2D eigenvalue weighted by Crippen LogP contribution is -2.37. The lowest BCUT2D eigenvalue weighted by Gasteiger charge is -2.13. The summed E-state index contributed by atoms with van der Waals surface area (Å²) in [5.41, 5.74) is 1.90. The van der Waals surface area contributed by atoms with Crippen molar-refractivity contribution < 1.29 is 19.4 Å². The van der Waals surface area contributed by atoms with Crippen molar-refractivity contribution >= 4 is 5.91 Å². The Morgan fingerprint density at radius 3 is 2.65 bits per heavy atom. The number of hydrogen-bond acceptors (Lipinski definition) is 4. The topological polar surface area (TPSA) is 67.8 Å². The van der Waals surface area contributed by atoms with Crippen molar-refractivity contribution in [2.24, 2.45) is 0 Å². The van der Waals surface area contributed by atoms with Crippen LogP contribution in [0, 0.1) is 12.3 Å². The van der Waals surface area contributed by atoms with Crippen molar-refractivity contribution in [1.29, 1.82) is 0 Å². The molecule has 1 atom stereocenters. The van der Waals surface area contributed by atoms with E-state index in [0.717, 1.165) is 11.1 Å². The lowest BCUT2D eigenvalue weighted by atomic mass is 10.1. The van der Waals surface area contributed by atoms with Crippen LogP contribution in [0.5, 0.6) is 11.5 Å². The summed E-state index contributed by atoms with van der Waals surface area (Å²) in [5, 5.41) is 12.8. The molecule has 0 spiro atoms. The molecule has 0 saturated heterocycles. The second-order valence-corrected chi connectivity index (χ2v) is 5.72. The van der Waals surface area contributed by atoms with Crippen LogP contribution in [0.25, 0.3) is 0 Å². The van der Waals surface area contributed by atoms with E-state index in [1.807, 2.05) is 42.5 Å². The second-order valence-electron chi connectivity index (χ2n) is 5.72. The van der Waals surface area contributed by atoms with E-state index >= 15 is 0 Å². The van der Waals surface area contributed by atoms with Gasteiger partial charge in [0.05, 0.1) is 7.11 Å². The van der Waals surface area contributed by atoms with Gasteiger partial charge in [0, 0.05) is 13.0 Å². The minimum absolute atomic E-state index is 0.172. The van der Waals surface area contributed by atoms with Crippen LogP contribution >= 0.6 is 0 Å². The number of terminal acetylenes is 1. The Hall–Kier alpha value is -2.97. The predicted molar refractivity (Wildman–Crippen MR) is 100 cm³/mol. The zero-order valence-electron chi connectivity index (χ0n) is 14.8. The first-order valence-electron chi connectivity index (χ1n) is 8.37. The van der Waals surface area contributed by atoms with E-state index in [9.17, 15) is 9.90 Å². The van der Waals surface area contributed by atoms with Crippen molar-refractivity contribution in [3.05, 3.63) is 59.7 Å². The van der Waals surface area contributed by atoms with Crippen molar-refractivity contribution in [3.63, 3.8) is 0 Å². The summed E-state index contributed by atoms with van der Waals surface area (Å²) in [6.45, 7) is 0.587. The molecule has 0 heterocycles. The van der Waals surface area contributed by atoms with Crippen molar-refractivity contribution in [1.82, 2.24) is 5.32 Å². The lowest BCUT2D eigenvalue weighted by molar-refractivity contribution is -0.129. The number of methoxy groups -OCH3 is 1. The summed E-state index contributed by atoms with van der Waals surface area (Å²) < 4.78 is 10.7. The third kappa shape index (κ3) is 5.83. The number of ether oxygens (including phenoxy) is 2. The van der Waals surface area contributed by atoms with Crippen LogP contribution in [-0.4, -0.2) is 37.4 Å². The van der Waals surface area contributed by atoms with E-state index < -0.39 is 6.10 Å². The molecule has 136 valence electrons. The summed E-state index contributed by atoms with van der Waals surface area (Å²) in [7, 11) is 1.56. The molecule has 26 heavy (non-hydrogen) atoms. The van der Waals surface area contributed by atoms with Gasteiger partial charge in [0.15, 0.2) is 11.5 Å². The van der Waals surface area contributed by atoms with Crippen molar-refractivity contribution in [3.8, 4) is 23.8 Å². The molecule has 0 aliphatic rings. The predicted octanol–water partition coefficient (Wildman–Crippen LogP) is 1.97. The molecule has 2 aromatic rings. The molecule has 5 heteroatoms. The number of carbonyl (C=O) groups excluding carboxylic acids is 1. The number of hydrogen-bond donors (Lipinski definition) is 2. The SMILES string of the molecule is C#CCOc1ccc(CCNC(=O)C(O)Cc2ccccc2)cc1OC. The molecule has 2 N–H and O–H groups in total. The van der Waals surface area contributed by atoms with Crippen LogP contribution in [0.1, 0.15) is 11.1 Å². The van der Waals surface area contributed by atoms with E-state index in [2.05, 4.69) is 11.2 Å². The van der Waals surface area contributed by atoms with E-state index in [1.54, 1.807) is 13.2 Å². The summed E-state index contributed by atoms with van der Waals surface area (Å²) in [5.74, 6) is 3.20. The molecule has 0 aliphatic carbocycles. The van der Waals surface area contributed by atoms with Gasteiger partial charge >= 0.3 is 0 Å². The Bertz CT molecular complexity index is 752. The highest BCUT2D eigenvalue weighted by atomic mass is 16.5. The van der Waals surface area contributed by atoms with E-state index in [-0.39, 0.29) is 12.5 Å². The van der Waals surface area contributed by atoms with Crippen LogP contribution in [0.4, 0.5) is 0 Å². The first-order chi connectivity index (χ1) is 12.6. The quantitative estimate of drug-likeness (QED) is 0.677. The maximum Gasteiger partial charge on any atom is 0.249 e. The van der Waals surface area contributed by atoms with Crippen molar-refractivity contribution in [2.75, 3.05) is 20.3 Å². The van der Waals surface area contributed by atoms with Crippen LogP contribution < -0.4 is 14.8 Å². The fourth-order valence-corrected chi connectivity index (χ4v) is 2.48. The molecule has 0 bridgehead atoms. The maximum absolute atomic E-state index is 12.0. The first-order valence-corrected chi connectivity index (χ1v) is 8.37. The summed E-state index contributed by atoms with van der Waals surface area (Å²) in [4.78, 5) is 12.0.